The van der Waals surface area contributed by atoms with Gasteiger partial charge in [0.05, 0.1) is 11.7 Å². The summed E-state index contributed by atoms with van der Waals surface area (Å²) >= 11 is 3.48. The largest absolute Gasteiger partial charge is 0.288 e. The van der Waals surface area contributed by atoms with Gasteiger partial charge in [-0.15, -0.1) is 0 Å². The van der Waals surface area contributed by atoms with Crippen LogP contribution in [0.3, 0.4) is 0 Å². The first-order chi connectivity index (χ1) is 9.75. The molecule has 20 heavy (non-hydrogen) atoms. The molecule has 0 aliphatic carbocycles. The molecule has 0 radical (unpaired) electrons. The average molecular weight is 331 g/mol. The Morgan fingerprint density at radius 3 is 2.70 bits per heavy atom. The van der Waals surface area contributed by atoms with Crippen LogP contribution in [-0.4, -0.2) is 16.4 Å². The lowest BCUT2D eigenvalue weighted by Crippen LogP contribution is -2.27. The molecule has 1 aromatic heterocycles. The minimum Gasteiger partial charge on any atom is -0.288 e. The van der Waals surface area contributed by atoms with Crippen LogP contribution in [0.15, 0.2) is 53.1 Å². The molecule has 0 N–H and O–H groups in total. The zero-order valence-electron chi connectivity index (χ0n) is 11.7. The molecule has 104 valence electrons. The third kappa shape index (κ3) is 2.79. The summed E-state index contributed by atoms with van der Waals surface area (Å²) in [6.45, 7) is 3.44. The molecule has 2 aromatic rings. The monoisotopic (exact) mass is 330 g/mol. The maximum Gasteiger partial charge on any atom is 0.106 e. The van der Waals surface area contributed by atoms with E-state index >= 15 is 0 Å². The molecular formula is C17H19BrN2. The van der Waals surface area contributed by atoms with Crippen LogP contribution in [0.1, 0.15) is 43.1 Å². The number of likely N-dealkylation sites (tertiary alicyclic amines) is 1. The summed E-state index contributed by atoms with van der Waals surface area (Å²) in [6, 6.07) is 17.8. The molecule has 2 heterocycles. The molecule has 0 saturated carbocycles. The van der Waals surface area contributed by atoms with Crippen LogP contribution in [0.2, 0.25) is 0 Å². The van der Waals surface area contributed by atoms with Crippen LogP contribution in [0.5, 0.6) is 0 Å². The van der Waals surface area contributed by atoms with Crippen LogP contribution in [0.4, 0.5) is 0 Å². The van der Waals surface area contributed by atoms with Gasteiger partial charge in [0.25, 0.3) is 0 Å². The summed E-state index contributed by atoms with van der Waals surface area (Å²) in [7, 11) is 0. The molecule has 1 aliphatic rings. The van der Waals surface area contributed by atoms with E-state index in [4.69, 9.17) is 0 Å². The van der Waals surface area contributed by atoms with E-state index in [0.29, 0.717) is 12.1 Å². The average Bonchev–Trinajstić information content (AvgIpc) is 2.97. The van der Waals surface area contributed by atoms with Gasteiger partial charge in [0, 0.05) is 6.04 Å². The molecule has 1 aromatic carbocycles. The van der Waals surface area contributed by atoms with Crippen molar-refractivity contribution in [3.05, 3.63) is 64.4 Å². The second-order valence-electron chi connectivity index (χ2n) is 5.37. The lowest BCUT2D eigenvalue weighted by molar-refractivity contribution is 0.191. The molecule has 2 unspecified atom stereocenters. The molecule has 0 bridgehead atoms. The number of rotatable bonds is 3. The number of benzene rings is 1. The van der Waals surface area contributed by atoms with Crippen molar-refractivity contribution >= 4 is 15.9 Å². The minimum absolute atomic E-state index is 0.433. The molecule has 1 saturated heterocycles. The summed E-state index contributed by atoms with van der Waals surface area (Å²) in [4.78, 5) is 7.23. The third-order valence-electron chi connectivity index (χ3n) is 4.15. The molecule has 3 heteroatoms. The van der Waals surface area contributed by atoms with Crippen LogP contribution >= 0.6 is 15.9 Å². The standard InChI is InChI=1S/C17H19BrN2/c1-13(14-7-3-2-4-8-14)20-12-6-10-16(20)15-9-5-11-17(18)19-15/h2-5,7-9,11,13,16H,6,10,12H2,1H3. The first-order valence-corrected chi connectivity index (χ1v) is 7.98. The first kappa shape index (κ1) is 13.8. The van der Waals surface area contributed by atoms with Crippen molar-refractivity contribution in [3.8, 4) is 0 Å². The number of halogens is 1. The smallest absolute Gasteiger partial charge is 0.106 e. The van der Waals surface area contributed by atoms with E-state index in [1.807, 2.05) is 6.07 Å². The van der Waals surface area contributed by atoms with Crippen molar-refractivity contribution < 1.29 is 0 Å². The molecule has 1 fully saturated rings. The predicted molar refractivity (Wildman–Crippen MR) is 85.5 cm³/mol. The van der Waals surface area contributed by atoms with Gasteiger partial charge in [0.1, 0.15) is 4.60 Å². The maximum atomic E-state index is 4.66. The van der Waals surface area contributed by atoms with Crippen LogP contribution in [0, 0.1) is 0 Å². The van der Waals surface area contributed by atoms with Crippen molar-refractivity contribution in [2.24, 2.45) is 0 Å². The number of hydrogen-bond acceptors (Lipinski definition) is 2. The Morgan fingerprint density at radius 2 is 1.95 bits per heavy atom. The molecule has 0 spiro atoms. The predicted octanol–water partition coefficient (Wildman–Crippen LogP) is 4.74. The minimum atomic E-state index is 0.433. The van der Waals surface area contributed by atoms with Gasteiger partial charge in [0.2, 0.25) is 0 Å². The molecule has 3 rings (SSSR count). The third-order valence-corrected chi connectivity index (χ3v) is 4.59. The second kappa shape index (κ2) is 6.06. The molecular weight excluding hydrogens is 312 g/mol. The number of hydrogen-bond donors (Lipinski definition) is 0. The normalized spacial score (nSPS) is 21.0. The van der Waals surface area contributed by atoms with E-state index in [-0.39, 0.29) is 0 Å². The summed E-state index contributed by atoms with van der Waals surface area (Å²) in [5.41, 5.74) is 2.56. The van der Waals surface area contributed by atoms with Gasteiger partial charge in [-0.25, -0.2) is 4.98 Å². The van der Waals surface area contributed by atoms with Crippen molar-refractivity contribution in [2.45, 2.75) is 31.8 Å². The fraction of sp³-hybridized carbons (Fsp3) is 0.353. The number of aromatic nitrogens is 1. The topological polar surface area (TPSA) is 16.1 Å². The Hall–Kier alpha value is -1.19. The van der Waals surface area contributed by atoms with Crippen LogP contribution in [-0.2, 0) is 0 Å². The Morgan fingerprint density at radius 1 is 1.15 bits per heavy atom. The van der Waals surface area contributed by atoms with E-state index in [2.05, 4.69) is 75.2 Å². The molecule has 0 amide bonds. The van der Waals surface area contributed by atoms with Crippen molar-refractivity contribution in [1.82, 2.24) is 9.88 Å². The van der Waals surface area contributed by atoms with Gasteiger partial charge in [-0.05, 0) is 59.9 Å². The molecule has 1 aliphatic heterocycles. The zero-order chi connectivity index (χ0) is 13.9. The highest BCUT2D eigenvalue weighted by Gasteiger charge is 2.31. The SMILES string of the molecule is CC(c1ccccc1)N1CCCC1c1cccc(Br)n1. The van der Waals surface area contributed by atoms with Crippen molar-refractivity contribution in [3.63, 3.8) is 0 Å². The Labute approximate surface area is 129 Å². The fourth-order valence-corrected chi connectivity index (χ4v) is 3.46. The highest BCUT2D eigenvalue weighted by Crippen LogP contribution is 2.37. The van der Waals surface area contributed by atoms with E-state index < -0.39 is 0 Å². The van der Waals surface area contributed by atoms with Gasteiger partial charge in [-0.3, -0.25) is 4.90 Å². The zero-order valence-corrected chi connectivity index (χ0v) is 13.3. The number of pyridine rings is 1. The quantitative estimate of drug-likeness (QED) is 0.755. The summed E-state index contributed by atoms with van der Waals surface area (Å²) < 4.78 is 0.925. The highest BCUT2D eigenvalue weighted by molar-refractivity contribution is 9.10. The fourth-order valence-electron chi connectivity index (χ4n) is 3.10. The van der Waals surface area contributed by atoms with Crippen molar-refractivity contribution in [2.75, 3.05) is 6.54 Å². The van der Waals surface area contributed by atoms with E-state index in [1.165, 1.54) is 24.1 Å². The summed E-state index contributed by atoms with van der Waals surface area (Å²) in [5.74, 6) is 0. The van der Waals surface area contributed by atoms with E-state index in [1.54, 1.807) is 0 Å². The van der Waals surface area contributed by atoms with Crippen LogP contribution < -0.4 is 0 Å². The Kier molecular flexibility index (Phi) is 4.18. The van der Waals surface area contributed by atoms with Gasteiger partial charge in [-0.2, -0.15) is 0 Å². The maximum absolute atomic E-state index is 4.66. The van der Waals surface area contributed by atoms with Crippen LogP contribution in [0.25, 0.3) is 0 Å². The van der Waals surface area contributed by atoms with Crippen molar-refractivity contribution in [1.29, 1.82) is 0 Å². The van der Waals surface area contributed by atoms with Gasteiger partial charge in [-0.1, -0.05) is 36.4 Å². The summed E-state index contributed by atoms with van der Waals surface area (Å²) in [5, 5.41) is 0. The highest BCUT2D eigenvalue weighted by atomic mass is 79.9. The molecule has 2 nitrogen and oxygen atoms in total. The first-order valence-electron chi connectivity index (χ1n) is 7.19. The second-order valence-corrected chi connectivity index (χ2v) is 6.18. The number of nitrogens with zero attached hydrogens (tertiary/aromatic N) is 2. The van der Waals surface area contributed by atoms with Gasteiger partial charge < -0.3 is 0 Å². The Balaban J connectivity index is 1.86. The van der Waals surface area contributed by atoms with E-state index in [0.717, 1.165) is 11.1 Å². The lowest BCUT2D eigenvalue weighted by atomic mass is 10.0. The van der Waals surface area contributed by atoms with Gasteiger partial charge >= 0.3 is 0 Å². The Bertz CT molecular complexity index is 570. The lowest BCUT2D eigenvalue weighted by Gasteiger charge is -2.30. The molecule has 2 atom stereocenters. The van der Waals surface area contributed by atoms with Gasteiger partial charge in [0.15, 0.2) is 0 Å². The summed E-state index contributed by atoms with van der Waals surface area (Å²) in [6.07, 6.45) is 2.44. The van der Waals surface area contributed by atoms with E-state index in [9.17, 15) is 0 Å².